The summed E-state index contributed by atoms with van der Waals surface area (Å²) >= 11 is 0. The number of nitrogens with two attached hydrogens (primary N) is 1. The topological polar surface area (TPSA) is 124 Å². The van der Waals surface area contributed by atoms with Gasteiger partial charge in [-0.15, -0.1) is 0 Å². The van der Waals surface area contributed by atoms with Gasteiger partial charge in [0.15, 0.2) is 5.76 Å². The number of hydrogen-bond donors (Lipinski definition) is 2. The SMILES string of the molecule is CS(=O)(=O)ON=C(N)NC(=O)c1ccc(-c2ccc(F)cc2F)o1. The van der Waals surface area contributed by atoms with Crippen molar-refractivity contribution >= 4 is 22.0 Å². The van der Waals surface area contributed by atoms with Crippen LogP contribution < -0.4 is 11.1 Å². The number of carbonyl (C=O) groups excluding carboxylic acids is 1. The van der Waals surface area contributed by atoms with Crippen molar-refractivity contribution in [3.63, 3.8) is 0 Å². The number of nitrogens with one attached hydrogen (secondary N) is 1. The van der Waals surface area contributed by atoms with Crippen molar-refractivity contribution in [2.24, 2.45) is 10.9 Å². The molecule has 11 heteroatoms. The van der Waals surface area contributed by atoms with Crippen molar-refractivity contribution in [1.29, 1.82) is 0 Å². The van der Waals surface area contributed by atoms with Crippen LogP contribution in [0.3, 0.4) is 0 Å². The molecule has 2 rings (SSSR count). The predicted octanol–water partition coefficient (Wildman–Crippen LogP) is 1.16. The second-order valence-corrected chi connectivity index (χ2v) is 6.05. The van der Waals surface area contributed by atoms with Gasteiger partial charge < -0.3 is 10.2 Å². The molecule has 8 nitrogen and oxygen atoms in total. The standard InChI is InChI=1S/C13H11F2N3O5S/c1-24(20,21)23-18-13(16)17-12(19)11-5-4-10(22-11)8-3-2-7(14)6-9(8)15/h2-6H,1H3,(H3,16,17,18,19). The molecule has 0 atom stereocenters. The van der Waals surface area contributed by atoms with E-state index in [2.05, 4.69) is 9.44 Å². The maximum Gasteiger partial charge on any atom is 0.325 e. The number of furan rings is 1. The Morgan fingerprint density at radius 1 is 1.29 bits per heavy atom. The average molecular weight is 359 g/mol. The Labute approximate surface area is 135 Å². The van der Waals surface area contributed by atoms with Crippen LogP contribution in [0.1, 0.15) is 10.6 Å². The molecule has 1 aromatic carbocycles. The Morgan fingerprint density at radius 3 is 2.62 bits per heavy atom. The van der Waals surface area contributed by atoms with Crippen LogP contribution in [-0.4, -0.2) is 26.5 Å². The fourth-order valence-electron chi connectivity index (χ4n) is 1.60. The highest BCUT2D eigenvalue weighted by Crippen LogP contribution is 2.25. The molecule has 0 saturated carbocycles. The minimum atomic E-state index is -3.87. The predicted molar refractivity (Wildman–Crippen MR) is 79.1 cm³/mol. The largest absolute Gasteiger partial charge is 0.451 e. The molecule has 1 heterocycles. The van der Waals surface area contributed by atoms with Gasteiger partial charge in [-0.2, -0.15) is 8.42 Å². The molecule has 0 spiro atoms. The number of halogens is 2. The second-order valence-electron chi connectivity index (χ2n) is 4.50. The number of nitrogens with zero attached hydrogens (tertiary/aromatic N) is 1. The van der Waals surface area contributed by atoms with E-state index < -0.39 is 33.6 Å². The molecule has 0 radical (unpaired) electrons. The molecule has 0 saturated heterocycles. The lowest BCUT2D eigenvalue weighted by molar-refractivity contribution is 0.0949. The summed E-state index contributed by atoms with van der Waals surface area (Å²) in [6.07, 6.45) is 0.738. The van der Waals surface area contributed by atoms with E-state index >= 15 is 0 Å². The molecule has 0 unspecified atom stereocenters. The first-order valence-corrected chi connectivity index (χ1v) is 8.06. The number of benzene rings is 1. The van der Waals surface area contributed by atoms with E-state index in [1.54, 1.807) is 0 Å². The number of amides is 1. The maximum absolute atomic E-state index is 13.7. The molecule has 3 N–H and O–H groups in total. The lowest BCUT2D eigenvalue weighted by Crippen LogP contribution is -2.36. The molecule has 0 aliphatic carbocycles. The summed E-state index contributed by atoms with van der Waals surface area (Å²) in [5, 5.41) is 4.99. The molecule has 24 heavy (non-hydrogen) atoms. The van der Waals surface area contributed by atoms with E-state index in [9.17, 15) is 22.0 Å². The molecule has 0 bridgehead atoms. The molecule has 0 aliphatic heterocycles. The van der Waals surface area contributed by atoms with Gasteiger partial charge in [0.1, 0.15) is 17.4 Å². The molecule has 1 amide bonds. The van der Waals surface area contributed by atoms with Gasteiger partial charge in [-0.05, 0) is 29.4 Å². The quantitative estimate of drug-likeness (QED) is 0.480. The van der Waals surface area contributed by atoms with Gasteiger partial charge in [-0.25, -0.2) is 8.78 Å². The Morgan fingerprint density at radius 2 is 2.00 bits per heavy atom. The minimum Gasteiger partial charge on any atom is -0.451 e. The second kappa shape index (κ2) is 6.66. The summed E-state index contributed by atoms with van der Waals surface area (Å²) in [5.41, 5.74) is 5.22. The zero-order valence-electron chi connectivity index (χ0n) is 12.1. The number of oxime groups is 1. The Bertz CT molecular complexity index is 908. The summed E-state index contributed by atoms with van der Waals surface area (Å²) in [7, 11) is -3.87. The van der Waals surface area contributed by atoms with Crippen molar-refractivity contribution in [2.45, 2.75) is 0 Å². The Kier molecular flexibility index (Phi) is 4.83. The highest BCUT2D eigenvalue weighted by atomic mass is 32.2. The van der Waals surface area contributed by atoms with Crippen molar-refractivity contribution < 1.29 is 30.7 Å². The van der Waals surface area contributed by atoms with Gasteiger partial charge in [-0.3, -0.25) is 14.4 Å². The highest BCUT2D eigenvalue weighted by molar-refractivity contribution is 7.85. The summed E-state index contributed by atoms with van der Waals surface area (Å²) in [6.45, 7) is 0. The van der Waals surface area contributed by atoms with Crippen molar-refractivity contribution in [1.82, 2.24) is 5.32 Å². The van der Waals surface area contributed by atoms with Gasteiger partial charge in [0.25, 0.3) is 5.91 Å². The van der Waals surface area contributed by atoms with Crippen molar-refractivity contribution in [2.75, 3.05) is 6.26 Å². The zero-order valence-corrected chi connectivity index (χ0v) is 12.9. The van der Waals surface area contributed by atoms with Crippen LogP contribution >= 0.6 is 0 Å². The van der Waals surface area contributed by atoms with Gasteiger partial charge in [0, 0.05) is 6.07 Å². The summed E-state index contributed by atoms with van der Waals surface area (Å²) in [5.74, 6) is -3.39. The lowest BCUT2D eigenvalue weighted by Gasteiger charge is -2.02. The first-order chi connectivity index (χ1) is 11.2. The van der Waals surface area contributed by atoms with Gasteiger partial charge in [-0.1, -0.05) is 0 Å². The normalized spacial score (nSPS) is 12.0. The smallest absolute Gasteiger partial charge is 0.325 e. The van der Waals surface area contributed by atoms with Gasteiger partial charge in [0.2, 0.25) is 5.96 Å². The Balaban J connectivity index is 2.14. The minimum absolute atomic E-state index is 0.0134. The molecular weight excluding hydrogens is 348 g/mol. The van der Waals surface area contributed by atoms with E-state index in [0.717, 1.165) is 18.4 Å². The van der Waals surface area contributed by atoms with Crippen LogP contribution in [-0.2, 0) is 14.4 Å². The third-order valence-corrected chi connectivity index (χ3v) is 2.88. The molecule has 1 aromatic heterocycles. The fourth-order valence-corrected chi connectivity index (χ4v) is 1.82. The summed E-state index contributed by atoms with van der Waals surface area (Å²) in [6, 6.07) is 5.38. The van der Waals surface area contributed by atoms with Crippen LogP contribution in [0.4, 0.5) is 8.78 Å². The fraction of sp³-hybridized carbons (Fsp3) is 0.0769. The molecule has 0 fully saturated rings. The lowest BCUT2D eigenvalue weighted by atomic mass is 10.1. The third-order valence-electron chi connectivity index (χ3n) is 2.54. The monoisotopic (exact) mass is 359 g/mol. The number of carbonyl (C=O) groups is 1. The molecule has 2 aromatic rings. The maximum atomic E-state index is 13.7. The van der Waals surface area contributed by atoms with Gasteiger partial charge >= 0.3 is 10.1 Å². The van der Waals surface area contributed by atoms with Crippen molar-refractivity contribution in [3.8, 4) is 11.3 Å². The van der Waals surface area contributed by atoms with E-state index in [1.165, 1.54) is 12.1 Å². The van der Waals surface area contributed by atoms with Crippen LogP contribution in [0.15, 0.2) is 39.9 Å². The molecular formula is C13H11F2N3O5S. The summed E-state index contributed by atoms with van der Waals surface area (Å²) in [4.78, 5) is 11.8. The molecule has 0 aliphatic rings. The number of hydrogen-bond acceptors (Lipinski definition) is 6. The zero-order chi connectivity index (χ0) is 17.9. The third kappa shape index (κ3) is 4.52. The van der Waals surface area contributed by atoms with Gasteiger partial charge in [0.05, 0.1) is 11.8 Å². The van der Waals surface area contributed by atoms with E-state index in [-0.39, 0.29) is 17.1 Å². The van der Waals surface area contributed by atoms with E-state index in [4.69, 9.17) is 10.2 Å². The summed E-state index contributed by atoms with van der Waals surface area (Å²) < 4.78 is 57.2. The van der Waals surface area contributed by atoms with Crippen LogP contribution in [0.5, 0.6) is 0 Å². The van der Waals surface area contributed by atoms with E-state index in [0.29, 0.717) is 6.07 Å². The van der Waals surface area contributed by atoms with Crippen LogP contribution in [0, 0.1) is 11.6 Å². The van der Waals surface area contributed by atoms with Crippen LogP contribution in [0.2, 0.25) is 0 Å². The number of rotatable bonds is 4. The van der Waals surface area contributed by atoms with Crippen molar-refractivity contribution in [3.05, 3.63) is 47.7 Å². The first kappa shape index (κ1) is 17.4. The Hall–Kier alpha value is -2.95. The van der Waals surface area contributed by atoms with Crippen LogP contribution in [0.25, 0.3) is 11.3 Å². The first-order valence-electron chi connectivity index (χ1n) is 6.24. The molecule has 128 valence electrons. The van der Waals surface area contributed by atoms with E-state index in [1.807, 2.05) is 5.32 Å². The average Bonchev–Trinajstić information content (AvgIpc) is 2.94. The highest BCUT2D eigenvalue weighted by Gasteiger charge is 2.16. The number of guanidine groups is 1.